The molecule has 4 heteroatoms. The molecule has 0 atom stereocenters. The zero-order chi connectivity index (χ0) is 20.3. The molecule has 148 valence electrons. The Morgan fingerprint density at radius 3 is 2.28 bits per heavy atom. The summed E-state index contributed by atoms with van der Waals surface area (Å²) in [5.74, 6) is 0.393. The number of hydrogen-bond acceptors (Lipinski definition) is 3. The summed E-state index contributed by atoms with van der Waals surface area (Å²) < 4.78 is 5.79. The van der Waals surface area contributed by atoms with Gasteiger partial charge in [0.05, 0.1) is 5.71 Å². The van der Waals surface area contributed by atoms with Crippen LogP contribution in [0.1, 0.15) is 31.7 Å². The molecule has 1 N–H and O–H groups in total. The Balaban J connectivity index is 1.65. The first-order valence-electron chi connectivity index (χ1n) is 9.96. The number of para-hydroxylation sites is 1. The van der Waals surface area contributed by atoms with Gasteiger partial charge in [0, 0.05) is 5.56 Å². The number of benzene rings is 3. The molecule has 0 heterocycles. The lowest BCUT2D eigenvalue weighted by atomic mass is 10.1. The third-order valence-corrected chi connectivity index (χ3v) is 4.52. The van der Waals surface area contributed by atoms with Crippen LogP contribution in [0.2, 0.25) is 0 Å². The average Bonchev–Trinajstić information content (AvgIpc) is 2.79. The molecule has 0 radical (unpaired) electrons. The fourth-order valence-corrected chi connectivity index (χ4v) is 2.99. The SMILES string of the molecule is CCCCC(=NNC(=O)COc1ccccc1-c1ccccc1)c1ccccc1. The fraction of sp³-hybridized carbons (Fsp3) is 0.200. The summed E-state index contributed by atoms with van der Waals surface area (Å²) in [6, 6.07) is 27.6. The molecular formula is C25H26N2O2. The summed E-state index contributed by atoms with van der Waals surface area (Å²) in [5, 5.41) is 4.36. The van der Waals surface area contributed by atoms with E-state index in [2.05, 4.69) is 17.5 Å². The lowest BCUT2D eigenvalue weighted by molar-refractivity contribution is -0.123. The molecule has 29 heavy (non-hydrogen) atoms. The van der Waals surface area contributed by atoms with E-state index in [0.717, 1.165) is 41.7 Å². The molecule has 0 bridgehead atoms. The van der Waals surface area contributed by atoms with Crippen LogP contribution in [0.3, 0.4) is 0 Å². The van der Waals surface area contributed by atoms with E-state index in [1.807, 2.05) is 84.9 Å². The van der Waals surface area contributed by atoms with Gasteiger partial charge in [0.2, 0.25) is 0 Å². The number of carbonyl (C=O) groups is 1. The summed E-state index contributed by atoms with van der Waals surface area (Å²) in [6.07, 6.45) is 2.90. The average molecular weight is 386 g/mol. The second-order valence-corrected chi connectivity index (χ2v) is 6.71. The highest BCUT2D eigenvalue weighted by molar-refractivity contribution is 6.01. The van der Waals surface area contributed by atoms with E-state index in [0.29, 0.717) is 5.75 Å². The normalized spacial score (nSPS) is 11.1. The molecule has 0 saturated heterocycles. The summed E-state index contributed by atoms with van der Waals surface area (Å²) in [5.41, 5.74) is 6.55. The number of nitrogens with one attached hydrogen (secondary N) is 1. The Bertz CT molecular complexity index is 937. The summed E-state index contributed by atoms with van der Waals surface area (Å²) in [7, 11) is 0. The highest BCUT2D eigenvalue weighted by Crippen LogP contribution is 2.29. The molecule has 0 aromatic heterocycles. The van der Waals surface area contributed by atoms with Crippen molar-refractivity contribution in [3.63, 3.8) is 0 Å². The van der Waals surface area contributed by atoms with Gasteiger partial charge in [-0.05, 0) is 30.0 Å². The lowest BCUT2D eigenvalue weighted by Crippen LogP contribution is -2.26. The van der Waals surface area contributed by atoms with Crippen LogP contribution in [0.15, 0.2) is 90.0 Å². The molecule has 3 aromatic carbocycles. The molecule has 0 fully saturated rings. The molecule has 3 rings (SSSR count). The number of nitrogens with zero attached hydrogens (tertiary/aromatic N) is 1. The zero-order valence-corrected chi connectivity index (χ0v) is 16.7. The minimum Gasteiger partial charge on any atom is -0.483 e. The van der Waals surface area contributed by atoms with Gasteiger partial charge in [-0.3, -0.25) is 4.79 Å². The van der Waals surface area contributed by atoms with Gasteiger partial charge in [-0.25, -0.2) is 5.43 Å². The number of rotatable bonds is 9. The predicted molar refractivity (Wildman–Crippen MR) is 118 cm³/mol. The number of carbonyl (C=O) groups excluding carboxylic acids is 1. The van der Waals surface area contributed by atoms with Crippen molar-refractivity contribution in [2.24, 2.45) is 5.10 Å². The molecular weight excluding hydrogens is 360 g/mol. The van der Waals surface area contributed by atoms with E-state index in [4.69, 9.17) is 4.74 Å². The molecule has 3 aromatic rings. The van der Waals surface area contributed by atoms with Crippen LogP contribution >= 0.6 is 0 Å². The van der Waals surface area contributed by atoms with E-state index < -0.39 is 0 Å². The van der Waals surface area contributed by atoms with E-state index in [1.54, 1.807) is 0 Å². The van der Waals surface area contributed by atoms with Crippen molar-refractivity contribution in [2.45, 2.75) is 26.2 Å². The first kappa shape index (κ1) is 20.3. The molecule has 0 aliphatic carbocycles. The van der Waals surface area contributed by atoms with Crippen LogP contribution in [0.25, 0.3) is 11.1 Å². The maximum atomic E-state index is 12.3. The predicted octanol–water partition coefficient (Wildman–Crippen LogP) is 5.44. The van der Waals surface area contributed by atoms with E-state index in [-0.39, 0.29) is 12.5 Å². The first-order chi connectivity index (χ1) is 14.3. The van der Waals surface area contributed by atoms with Crippen molar-refractivity contribution >= 4 is 11.6 Å². The Labute approximate surface area is 172 Å². The zero-order valence-electron chi connectivity index (χ0n) is 16.7. The van der Waals surface area contributed by atoms with Gasteiger partial charge in [0.15, 0.2) is 6.61 Å². The molecule has 0 aliphatic heterocycles. The van der Waals surface area contributed by atoms with Gasteiger partial charge in [0.1, 0.15) is 5.75 Å². The number of ether oxygens (including phenoxy) is 1. The highest BCUT2D eigenvalue weighted by atomic mass is 16.5. The summed E-state index contributed by atoms with van der Waals surface area (Å²) >= 11 is 0. The minimum absolute atomic E-state index is 0.0941. The quantitative estimate of drug-likeness (QED) is 0.393. The standard InChI is InChI=1S/C25H26N2O2/c1-2-3-17-23(21-14-8-5-9-15-21)26-27-25(28)19-29-24-18-11-10-16-22(24)20-12-6-4-7-13-20/h4-16,18H,2-3,17,19H2,1H3,(H,27,28). The molecule has 1 amide bonds. The van der Waals surface area contributed by atoms with E-state index in [1.165, 1.54) is 0 Å². The Morgan fingerprint density at radius 2 is 1.55 bits per heavy atom. The molecule has 4 nitrogen and oxygen atoms in total. The molecule has 0 saturated carbocycles. The van der Waals surface area contributed by atoms with Gasteiger partial charge in [-0.1, -0.05) is 92.2 Å². The summed E-state index contributed by atoms with van der Waals surface area (Å²) in [4.78, 5) is 12.3. The Kier molecular flexibility index (Phi) is 7.58. The summed E-state index contributed by atoms with van der Waals surface area (Å²) in [6.45, 7) is 2.04. The third kappa shape index (κ3) is 6.04. The second kappa shape index (κ2) is 10.8. The van der Waals surface area contributed by atoms with Crippen molar-refractivity contribution in [3.8, 4) is 16.9 Å². The van der Waals surface area contributed by atoms with Crippen LogP contribution in [0.5, 0.6) is 5.75 Å². The van der Waals surface area contributed by atoms with Crippen LogP contribution < -0.4 is 10.2 Å². The fourth-order valence-electron chi connectivity index (χ4n) is 2.99. The molecule has 0 aliphatic rings. The van der Waals surface area contributed by atoms with Gasteiger partial charge < -0.3 is 4.74 Å². The largest absolute Gasteiger partial charge is 0.483 e. The number of amides is 1. The van der Waals surface area contributed by atoms with Crippen molar-refractivity contribution in [1.82, 2.24) is 5.43 Å². The van der Waals surface area contributed by atoms with Gasteiger partial charge in [-0.15, -0.1) is 0 Å². The lowest BCUT2D eigenvalue weighted by Gasteiger charge is -2.11. The van der Waals surface area contributed by atoms with Crippen LogP contribution in [-0.2, 0) is 4.79 Å². The van der Waals surface area contributed by atoms with Crippen molar-refractivity contribution in [2.75, 3.05) is 6.61 Å². The number of hydrogen-bond donors (Lipinski definition) is 1. The van der Waals surface area contributed by atoms with Crippen molar-refractivity contribution in [1.29, 1.82) is 0 Å². The van der Waals surface area contributed by atoms with Crippen LogP contribution in [-0.4, -0.2) is 18.2 Å². The molecule has 0 spiro atoms. The van der Waals surface area contributed by atoms with Gasteiger partial charge >= 0.3 is 0 Å². The third-order valence-electron chi connectivity index (χ3n) is 4.52. The second-order valence-electron chi connectivity index (χ2n) is 6.71. The first-order valence-corrected chi connectivity index (χ1v) is 9.96. The topological polar surface area (TPSA) is 50.7 Å². The molecule has 0 unspecified atom stereocenters. The maximum Gasteiger partial charge on any atom is 0.277 e. The van der Waals surface area contributed by atoms with Crippen LogP contribution in [0.4, 0.5) is 0 Å². The monoisotopic (exact) mass is 386 g/mol. The van der Waals surface area contributed by atoms with E-state index >= 15 is 0 Å². The number of hydrazone groups is 1. The Hall–Kier alpha value is -3.40. The number of unbranched alkanes of at least 4 members (excludes halogenated alkanes) is 1. The maximum absolute atomic E-state index is 12.3. The Morgan fingerprint density at radius 1 is 0.897 bits per heavy atom. The van der Waals surface area contributed by atoms with Crippen molar-refractivity contribution in [3.05, 3.63) is 90.5 Å². The highest BCUT2D eigenvalue weighted by Gasteiger charge is 2.09. The van der Waals surface area contributed by atoms with Gasteiger partial charge in [-0.2, -0.15) is 5.10 Å². The minimum atomic E-state index is -0.280. The van der Waals surface area contributed by atoms with Crippen LogP contribution in [0, 0.1) is 0 Å². The van der Waals surface area contributed by atoms with Gasteiger partial charge in [0.25, 0.3) is 5.91 Å². The smallest absolute Gasteiger partial charge is 0.277 e. The van der Waals surface area contributed by atoms with E-state index in [9.17, 15) is 4.79 Å². The van der Waals surface area contributed by atoms with Crippen molar-refractivity contribution < 1.29 is 9.53 Å².